The smallest absolute Gasteiger partial charge is 0.303 e. The van der Waals surface area contributed by atoms with E-state index in [-0.39, 0.29) is 29.1 Å². The molecule has 360 valence electrons. The Balaban J connectivity index is 1.29. The van der Waals surface area contributed by atoms with E-state index in [1.54, 1.807) is 0 Å². The molecule has 3 fully saturated rings. The third-order valence-electron chi connectivity index (χ3n) is 10.8. The zero-order chi connectivity index (χ0) is 48.3. The molecular weight excluding hydrogens is 884 g/mol. The molecule has 3 saturated heterocycles. The first kappa shape index (κ1) is 49.4. The molecule has 6 N–H and O–H groups in total. The van der Waals surface area contributed by atoms with Gasteiger partial charge in [0.05, 0.1) is 37.4 Å². The summed E-state index contributed by atoms with van der Waals surface area (Å²) in [6.45, 7) is 6.65. The standard InChI is InChI=1S/C43H50O23/c1-16-26(14-30(52)53)36(60-19(4)45)39(61-20(5)46)43(57-16)66-38-34(59-18(3)44)17(2)58-42(40(38)62-21(6)47)56-15-25-13-28(51)32(54)41(63-25)65-37-33(55)31-27(50)11-24(49)12-29(31)64-35(37)22-7-9-23(48)10-8-22/h7-12,16-17,25-26,28,32,34,36,38-43,48-51,54H,13-15H2,1-6H3,(H,52,53). The molecule has 3 aliphatic heterocycles. The molecule has 0 aliphatic carbocycles. The average Bonchev–Trinajstić information content (AvgIpc) is 3.21. The van der Waals surface area contributed by atoms with Crippen molar-refractivity contribution >= 4 is 40.8 Å². The second-order valence-electron chi connectivity index (χ2n) is 15.9. The maximum absolute atomic E-state index is 14.0. The normalized spacial score (nSPS) is 31.0. The van der Waals surface area contributed by atoms with Crippen LogP contribution in [0.4, 0.5) is 0 Å². The van der Waals surface area contributed by atoms with Crippen molar-refractivity contribution in [2.24, 2.45) is 5.92 Å². The average molecular weight is 935 g/mol. The molecule has 3 aliphatic rings. The summed E-state index contributed by atoms with van der Waals surface area (Å²) >= 11 is 0. The topological polar surface area (TPSA) is 329 Å². The quantitative estimate of drug-likeness (QED) is 0.0985. The third kappa shape index (κ3) is 11.3. The molecule has 23 nitrogen and oxygen atoms in total. The number of benzene rings is 2. The molecule has 0 amide bonds. The van der Waals surface area contributed by atoms with Gasteiger partial charge in [0, 0.05) is 57.7 Å². The number of rotatable bonds is 14. The maximum Gasteiger partial charge on any atom is 0.303 e. The summed E-state index contributed by atoms with van der Waals surface area (Å²) in [6.07, 6.45) is -20.3. The highest BCUT2D eigenvalue weighted by Gasteiger charge is 2.56. The second kappa shape index (κ2) is 20.6. The lowest BCUT2D eigenvalue weighted by molar-refractivity contribution is -0.356. The molecule has 6 rings (SSSR count). The Bertz CT molecular complexity index is 2330. The number of aliphatic hydroxyl groups excluding tert-OH is 2. The summed E-state index contributed by atoms with van der Waals surface area (Å²) in [5.41, 5.74) is -1.04. The fourth-order valence-electron chi connectivity index (χ4n) is 8.01. The van der Waals surface area contributed by atoms with Crippen LogP contribution in [0, 0.1) is 5.92 Å². The van der Waals surface area contributed by atoms with Gasteiger partial charge in [-0.3, -0.25) is 28.8 Å². The Labute approximate surface area is 374 Å². The molecule has 4 heterocycles. The largest absolute Gasteiger partial charge is 0.508 e. The molecule has 0 bridgehead atoms. The number of carbonyl (C=O) groups is 5. The van der Waals surface area contributed by atoms with Gasteiger partial charge in [-0.2, -0.15) is 0 Å². The van der Waals surface area contributed by atoms with Gasteiger partial charge in [-0.05, 0) is 38.1 Å². The van der Waals surface area contributed by atoms with Crippen molar-refractivity contribution in [1.29, 1.82) is 0 Å². The van der Waals surface area contributed by atoms with Gasteiger partial charge in [0.15, 0.2) is 36.7 Å². The van der Waals surface area contributed by atoms with Crippen LogP contribution in [0.2, 0.25) is 0 Å². The number of carboxylic acid groups (broad SMARTS) is 1. The van der Waals surface area contributed by atoms with Gasteiger partial charge < -0.3 is 82.4 Å². The van der Waals surface area contributed by atoms with Crippen LogP contribution in [0.1, 0.15) is 54.4 Å². The highest BCUT2D eigenvalue weighted by Crippen LogP contribution is 2.40. The lowest BCUT2D eigenvalue weighted by atomic mass is 9.86. The Hall–Kier alpha value is -6.08. The number of carbonyl (C=O) groups excluding carboxylic acids is 4. The minimum Gasteiger partial charge on any atom is -0.508 e. The molecule has 2 aromatic carbocycles. The van der Waals surface area contributed by atoms with Crippen LogP contribution in [-0.4, -0.2) is 147 Å². The Morgan fingerprint density at radius 1 is 0.697 bits per heavy atom. The molecule has 1 aromatic heterocycles. The number of ether oxygens (including phenoxy) is 10. The second-order valence-corrected chi connectivity index (χ2v) is 15.9. The number of hydrogen-bond donors (Lipinski definition) is 6. The molecule has 23 heteroatoms. The lowest BCUT2D eigenvalue weighted by Crippen LogP contribution is -2.65. The van der Waals surface area contributed by atoms with Crippen LogP contribution >= 0.6 is 0 Å². The highest BCUT2D eigenvalue weighted by molar-refractivity contribution is 5.88. The van der Waals surface area contributed by atoms with E-state index >= 15 is 0 Å². The van der Waals surface area contributed by atoms with Crippen molar-refractivity contribution in [2.45, 2.75) is 134 Å². The number of phenols is 3. The number of esters is 4. The van der Waals surface area contributed by atoms with E-state index in [1.165, 1.54) is 38.1 Å². The molecule has 0 spiro atoms. The van der Waals surface area contributed by atoms with Gasteiger partial charge in [0.1, 0.15) is 46.5 Å². The van der Waals surface area contributed by atoms with Crippen LogP contribution < -0.4 is 10.2 Å². The minimum absolute atomic E-state index is 0.133. The van der Waals surface area contributed by atoms with Crippen molar-refractivity contribution in [2.75, 3.05) is 6.61 Å². The summed E-state index contributed by atoms with van der Waals surface area (Å²) in [5, 5.41) is 62.0. The van der Waals surface area contributed by atoms with Gasteiger partial charge in [0.2, 0.25) is 17.5 Å². The zero-order valence-corrected chi connectivity index (χ0v) is 36.3. The molecule has 66 heavy (non-hydrogen) atoms. The van der Waals surface area contributed by atoms with Crippen molar-refractivity contribution < 1.29 is 106 Å². The number of fused-ring (bicyclic) bond motifs is 1. The monoisotopic (exact) mass is 934 g/mol. The Morgan fingerprint density at radius 2 is 1.27 bits per heavy atom. The molecular formula is C43H50O23. The van der Waals surface area contributed by atoms with E-state index in [0.29, 0.717) is 0 Å². The number of carboxylic acids is 1. The predicted octanol–water partition coefficient (Wildman–Crippen LogP) is 1.50. The van der Waals surface area contributed by atoms with Crippen LogP contribution in [0.15, 0.2) is 45.6 Å². The van der Waals surface area contributed by atoms with Crippen LogP contribution in [0.3, 0.4) is 0 Å². The van der Waals surface area contributed by atoms with Crippen molar-refractivity contribution in [3.05, 3.63) is 46.6 Å². The fourth-order valence-corrected chi connectivity index (χ4v) is 8.01. The summed E-state index contributed by atoms with van der Waals surface area (Å²) in [4.78, 5) is 75.7. The van der Waals surface area contributed by atoms with Crippen LogP contribution in [0.25, 0.3) is 22.3 Å². The predicted molar refractivity (Wildman–Crippen MR) is 216 cm³/mol. The molecule has 0 saturated carbocycles. The van der Waals surface area contributed by atoms with Crippen LogP contribution in [0.5, 0.6) is 23.0 Å². The summed E-state index contributed by atoms with van der Waals surface area (Å²) in [5.74, 6) is -7.91. The summed E-state index contributed by atoms with van der Waals surface area (Å²) in [6, 6.07) is 7.29. The van der Waals surface area contributed by atoms with E-state index < -0.39 is 157 Å². The van der Waals surface area contributed by atoms with Gasteiger partial charge in [0.25, 0.3) is 0 Å². The molecule has 14 unspecified atom stereocenters. The van der Waals surface area contributed by atoms with Crippen molar-refractivity contribution in [3.63, 3.8) is 0 Å². The van der Waals surface area contributed by atoms with Gasteiger partial charge in [-0.1, -0.05) is 0 Å². The van der Waals surface area contributed by atoms with Crippen LogP contribution in [-0.2, 0) is 66.6 Å². The SMILES string of the molecule is CC(=O)OC1C(C)OC(OCC2CC(O)C(O)C(Oc3c(-c4ccc(O)cc4)oc4cc(O)cc(O)c4c3=O)O2)C(OC(C)=O)C1OC1OC(C)C(CC(=O)O)C(OC(C)=O)C1OC(C)=O. The first-order chi connectivity index (χ1) is 31.1. The maximum atomic E-state index is 14.0. The summed E-state index contributed by atoms with van der Waals surface area (Å²) < 4.78 is 64.7. The van der Waals surface area contributed by atoms with Gasteiger partial charge in [-0.15, -0.1) is 0 Å². The van der Waals surface area contributed by atoms with E-state index in [9.17, 15) is 59.4 Å². The first-order valence-corrected chi connectivity index (χ1v) is 20.6. The van der Waals surface area contributed by atoms with E-state index in [0.717, 1.165) is 39.8 Å². The van der Waals surface area contributed by atoms with E-state index in [1.807, 2.05) is 0 Å². The first-order valence-electron chi connectivity index (χ1n) is 20.6. The fraction of sp³-hybridized carbons (Fsp3) is 0.535. The Kier molecular flexibility index (Phi) is 15.4. The van der Waals surface area contributed by atoms with Crippen molar-refractivity contribution in [3.8, 4) is 34.3 Å². The number of aromatic hydroxyl groups is 3. The molecule has 3 aromatic rings. The zero-order valence-electron chi connectivity index (χ0n) is 36.3. The number of phenolic OH excluding ortho intramolecular Hbond substituents is 3. The molecule has 14 atom stereocenters. The summed E-state index contributed by atoms with van der Waals surface area (Å²) in [7, 11) is 0. The lowest BCUT2D eigenvalue weighted by Gasteiger charge is -2.48. The molecule has 0 radical (unpaired) electrons. The van der Waals surface area contributed by atoms with E-state index in [4.69, 9.17) is 51.8 Å². The van der Waals surface area contributed by atoms with Gasteiger partial charge >= 0.3 is 29.8 Å². The Morgan fingerprint density at radius 3 is 1.88 bits per heavy atom. The van der Waals surface area contributed by atoms with Crippen molar-refractivity contribution in [1.82, 2.24) is 0 Å². The van der Waals surface area contributed by atoms with Gasteiger partial charge in [-0.25, -0.2) is 0 Å². The number of aliphatic carboxylic acids is 1. The highest BCUT2D eigenvalue weighted by atomic mass is 16.8. The van der Waals surface area contributed by atoms with E-state index in [2.05, 4.69) is 0 Å². The third-order valence-corrected chi connectivity index (χ3v) is 10.8. The number of hydrogen-bond acceptors (Lipinski definition) is 22. The number of aliphatic hydroxyl groups is 2. The minimum atomic E-state index is -1.82.